The van der Waals surface area contributed by atoms with E-state index in [0.717, 1.165) is 32.3 Å². The second-order valence-electron chi connectivity index (χ2n) is 4.23. The number of likely N-dealkylation sites (N-methyl/N-ethyl adjacent to an activating group) is 1. The molecule has 0 aliphatic carbocycles. The Morgan fingerprint density at radius 1 is 1.60 bits per heavy atom. The fraction of sp³-hybridized carbons (Fsp3) is 0.909. The molecular formula is C11H21NO3. The van der Waals surface area contributed by atoms with Gasteiger partial charge in [-0.2, -0.15) is 0 Å². The third-order valence-corrected chi connectivity index (χ3v) is 3.00. The highest BCUT2D eigenvalue weighted by Gasteiger charge is 2.34. The molecule has 0 aromatic heterocycles. The van der Waals surface area contributed by atoms with Crippen LogP contribution in [0.3, 0.4) is 0 Å². The summed E-state index contributed by atoms with van der Waals surface area (Å²) in [6, 6.07) is 0. The lowest BCUT2D eigenvalue weighted by Gasteiger charge is -2.36. The molecule has 0 saturated carbocycles. The van der Waals surface area contributed by atoms with Crippen molar-refractivity contribution in [1.29, 1.82) is 0 Å². The summed E-state index contributed by atoms with van der Waals surface area (Å²) in [5.41, 5.74) is -0.344. The smallest absolute Gasteiger partial charge is 0.129 e. The lowest BCUT2D eigenvalue weighted by Crippen LogP contribution is -2.45. The van der Waals surface area contributed by atoms with Gasteiger partial charge >= 0.3 is 0 Å². The normalized spacial score (nSPS) is 26.9. The fourth-order valence-corrected chi connectivity index (χ4v) is 2.06. The first-order valence-electron chi connectivity index (χ1n) is 5.63. The van der Waals surface area contributed by atoms with Crippen molar-refractivity contribution in [3.63, 3.8) is 0 Å². The van der Waals surface area contributed by atoms with Crippen molar-refractivity contribution in [2.24, 2.45) is 5.41 Å². The van der Waals surface area contributed by atoms with Gasteiger partial charge in [-0.25, -0.2) is 0 Å². The summed E-state index contributed by atoms with van der Waals surface area (Å²) in [5, 5.41) is 8.89. The molecule has 0 aromatic carbocycles. The van der Waals surface area contributed by atoms with Crippen LogP contribution >= 0.6 is 0 Å². The second-order valence-corrected chi connectivity index (χ2v) is 4.23. The highest BCUT2D eigenvalue weighted by molar-refractivity contribution is 5.60. The van der Waals surface area contributed by atoms with E-state index in [9.17, 15) is 4.79 Å². The molecule has 88 valence electrons. The van der Waals surface area contributed by atoms with E-state index in [4.69, 9.17) is 9.84 Å². The SMILES string of the molecule is CCN(CCO)CC1(C=O)CCCOC1. The number of carbonyl (C=O) groups excluding carboxylic acids is 1. The average molecular weight is 215 g/mol. The number of carbonyl (C=O) groups is 1. The number of hydrogen-bond acceptors (Lipinski definition) is 4. The molecule has 1 atom stereocenters. The molecule has 1 aliphatic heterocycles. The first-order valence-corrected chi connectivity index (χ1v) is 5.63. The number of aldehydes is 1. The van der Waals surface area contributed by atoms with E-state index < -0.39 is 0 Å². The largest absolute Gasteiger partial charge is 0.395 e. The molecule has 4 nitrogen and oxygen atoms in total. The highest BCUT2D eigenvalue weighted by atomic mass is 16.5. The van der Waals surface area contributed by atoms with Gasteiger partial charge in [-0.15, -0.1) is 0 Å². The van der Waals surface area contributed by atoms with Crippen molar-refractivity contribution in [2.45, 2.75) is 19.8 Å². The van der Waals surface area contributed by atoms with Crippen molar-refractivity contribution >= 4 is 6.29 Å². The van der Waals surface area contributed by atoms with Gasteiger partial charge in [-0.3, -0.25) is 0 Å². The zero-order valence-corrected chi connectivity index (χ0v) is 9.45. The van der Waals surface area contributed by atoms with Crippen LogP contribution in [0.2, 0.25) is 0 Å². The maximum absolute atomic E-state index is 11.2. The van der Waals surface area contributed by atoms with E-state index in [2.05, 4.69) is 4.90 Å². The minimum atomic E-state index is -0.344. The van der Waals surface area contributed by atoms with E-state index in [1.54, 1.807) is 0 Å². The molecule has 1 rings (SSSR count). The first kappa shape index (κ1) is 12.6. The summed E-state index contributed by atoms with van der Waals surface area (Å²) in [6.45, 7) is 5.66. The number of hydrogen-bond donors (Lipinski definition) is 1. The Bertz CT molecular complexity index is 190. The average Bonchev–Trinajstić information content (AvgIpc) is 2.30. The van der Waals surface area contributed by atoms with E-state index in [-0.39, 0.29) is 12.0 Å². The van der Waals surface area contributed by atoms with Crippen LogP contribution < -0.4 is 0 Å². The number of ether oxygens (including phenoxy) is 1. The monoisotopic (exact) mass is 215 g/mol. The van der Waals surface area contributed by atoms with Crippen molar-refractivity contribution in [3.8, 4) is 0 Å². The molecule has 0 bridgehead atoms. The maximum Gasteiger partial charge on any atom is 0.129 e. The van der Waals surface area contributed by atoms with Crippen LogP contribution in [0.4, 0.5) is 0 Å². The minimum absolute atomic E-state index is 0.142. The topological polar surface area (TPSA) is 49.8 Å². The van der Waals surface area contributed by atoms with Gasteiger partial charge in [-0.05, 0) is 19.4 Å². The molecule has 0 amide bonds. The maximum atomic E-state index is 11.2. The van der Waals surface area contributed by atoms with Crippen LogP contribution in [-0.4, -0.2) is 55.7 Å². The van der Waals surface area contributed by atoms with Crippen molar-refractivity contribution in [1.82, 2.24) is 4.90 Å². The van der Waals surface area contributed by atoms with Crippen LogP contribution in [0.15, 0.2) is 0 Å². The molecule has 0 radical (unpaired) electrons. The Labute approximate surface area is 91.2 Å². The van der Waals surface area contributed by atoms with Gasteiger partial charge in [0, 0.05) is 19.7 Å². The van der Waals surface area contributed by atoms with Crippen molar-refractivity contribution in [2.75, 3.05) is 39.5 Å². The molecule has 1 aliphatic rings. The van der Waals surface area contributed by atoms with Crippen molar-refractivity contribution in [3.05, 3.63) is 0 Å². The summed E-state index contributed by atoms with van der Waals surface area (Å²) in [7, 11) is 0. The molecular weight excluding hydrogens is 194 g/mol. The number of aliphatic hydroxyl groups excluding tert-OH is 1. The summed E-state index contributed by atoms with van der Waals surface area (Å²) in [6.07, 6.45) is 2.89. The predicted octanol–water partition coefficient (Wildman–Crippen LogP) is 0.296. The van der Waals surface area contributed by atoms with Crippen LogP contribution in [-0.2, 0) is 9.53 Å². The molecule has 1 N–H and O–H groups in total. The molecule has 0 aromatic rings. The molecule has 4 heteroatoms. The Morgan fingerprint density at radius 2 is 2.40 bits per heavy atom. The van der Waals surface area contributed by atoms with Crippen LogP contribution in [0.25, 0.3) is 0 Å². The Hall–Kier alpha value is -0.450. The van der Waals surface area contributed by atoms with Crippen LogP contribution in [0, 0.1) is 5.41 Å². The highest BCUT2D eigenvalue weighted by Crippen LogP contribution is 2.27. The fourth-order valence-electron chi connectivity index (χ4n) is 2.06. The summed E-state index contributed by atoms with van der Waals surface area (Å²) >= 11 is 0. The van der Waals surface area contributed by atoms with E-state index in [1.165, 1.54) is 0 Å². The van der Waals surface area contributed by atoms with Gasteiger partial charge in [0.1, 0.15) is 6.29 Å². The van der Waals surface area contributed by atoms with E-state index in [1.807, 2.05) is 6.92 Å². The first-order chi connectivity index (χ1) is 7.26. The summed E-state index contributed by atoms with van der Waals surface area (Å²) < 4.78 is 5.38. The van der Waals surface area contributed by atoms with Crippen LogP contribution in [0.5, 0.6) is 0 Å². The Morgan fingerprint density at radius 3 is 2.87 bits per heavy atom. The second kappa shape index (κ2) is 6.20. The van der Waals surface area contributed by atoms with Gasteiger partial charge in [0.05, 0.1) is 18.6 Å². The van der Waals surface area contributed by atoms with E-state index >= 15 is 0 Å². The summed E-state index contributed by atoms with van der Waals surface area (Å²) in [5.74, 6) is 0. The molecule has 0 spiro atoms. The lowest BCUT2D eigenvalue weighted by molar-refractivity contribution is -0.125. The predicted molar refractivity (Wildman–Crippen MR) is 57.7 cm³/mol. The molecule has 1 saturated heterocycles. The van der Waals surface area contributed by atoms with Gasteiger partial charge < -0.3 is 19.5 Å². The zero-order chi connectivity index (χ0) is 11.1. The number of aliphatic hydroxyl groups is 1. The standard InChI is InChI=1S/C11H21NO3/c1-2-12(5-6-13)8-11(9-14)4-3-7-15-10-11/h9,13H,2-8,10H2,1H3. The number of rotatable bonds is 6. The lowest BCUT2D eigenvalue weighted by atomic mass is 9.83. The van der Waals surface area contributed by atoms with Crippen LogP contribution in [0.1, 0.15) is 19.8 Å². The number of nitrogens with zero attached hydrogens (tertiary/aromatic N) is 1. The van der Waals surface area contributed by atoms with Gasteiger partial charge in [0.25, 0.3) is 0 Å². The van der Waals surface area contributed by atoms with Gasteiger partial charge in [0.2, 0.25) is 0 Å². The molecule has 1 heterocycles. The Kier molecular flexibility index (Phi) is 5.22. The molecule has 1 unspecified atom stereocenters. The quantitative estimate of drug-likeness (QED) is 0.647. The zero-order valence-electron chi connectivity index (χ0n) is 9.45. The third-order valence-electron chi connectivity index (χ3n) is 3.00. The summed E-state index contributed by atoms with van der Waals surface area (Å²) in [4.78, 5) is 13.3. The third kappa shape index (κ3) is 3.55. The Balaban J connectivity index is 2.52. The van der Waals surface area contributed by atoms with E-state index in [0.29, 0.717) is 19.7 Å². The molecule has 1 fully saturated rings. The molecule has 15 heavy (non-hydrogen) atoms. The minimum Gasteiger partial charge on any atom is -0.395 e. The van der Waals surface area contributed by atoms with Gasteiger partial charge in [0.15, 0.2) is 0 Å². The van der Waals surface area contributed by atoms with Gasteiger partial charge in [-0.1, -0.05) is 6.92 Å². The van der Waals surface area contributed by atoms with Crippen molar-refractivity contribution < 1.29 is 14.6 Å².